The quantitative estimate of drug-likeness (QED) is 0.548. The SMILES string of the molecule is c1cc2c(cc1N1CCc3[nH]c(C4Cc5cn[nH]c5CN4)nc3C1)CNCC2. The smallest absolute Gasteiger partial charge is 0.124 e. The van der Waals surface area contributed by atoms with Crippen molar-refractivity contribution in [2.45, 2.75) is 44.9 Å². The zero-order valence-electron chi connectivity index (χ0n) is 15.9. The third-order valence-corrected chi connectivity index (χ3v) is 6.38. The van der Waals surface area contributed by atoms with Gasteiger partial charge in [0.2, 0.25) is 0 Å². The van der Waals surface area contributed by atoms with Crippen molar-refractivity contribution in [1.82, 2.24) is 30.8 Å². The van der Waals surface area contributed by atoms with Gasteiger partial charge in [0.15, 0.2) is 0 Å². The van der Waals surface area contributed by atoms with E-state index in [0.717, 1.165) is 57.8 Å². The molecule has 0 bridgehead atoms. The molecule has 0 amide bonds. The normalized spacial score (nSPS) is 21.1. The van der Waals surface area contributed by atoms with Crippen LogP contribution in [0.3, 0.4) is 0 Å². The standard InChI is InChI=1S/C21H25N7/c1-2-16(7-14-9-22-5-3-13(1)14)28-6-4-17-20(12-28)26-21(25-17)18-8-15-10-24-27-19(15)11-23-18/h1-2,7,10,18,22-23H,3-6,8-9,11-12H2,(H,24,27)(H,25,26). The van der Waals surface area contributed by atoms with Gasteiger partial charge in [0.05, 0.1) is 30.2 Å². The van der Waals surface area contributed by atoms with Gasteiger partial charge in [-0.1, -0.05) is 6.07 Å². The van der Waals surface area contributed by atoms with E-state index in [1.165, 1.54) is 39.5 Å². The zero-order valence-corrected chi connectivity index (χ0v) is 15.9. The number of benzene rings is 1. The number of hydrogen-bond acceptors (Lipinski definition) is 5. The van der Waals surface area contributed by atoms with E-state index in [1.807, 2.05) is 6.20 Å². The van der Waals surface area contributed by atoms with Gasteiger partial charge in [-0.2, -0.15) is 5.10 Å². The molecular formula is C21H25N7. The second-order valence-corrected chi connectivity index (χ2v) is 8.11. The molecular weight excluding hydrogens is 350 g/mol. The molecule has 144 valence electrons. The Morgan fingerprint density at radius 3 is 3.04 bits per heavy atom. The first-order valence-corrected chi connectivity index (χ1v) is 10.2. The average Bonchev–Trinajstić information content (AvgIpc) is 3.39. The van der Waals surface area contributed by atoms with E-state index < -0.39 is 0 Å². The first kappa shape index (κ1) is 16.3. The Bertz CT molecular complexity index is 1020. The first-order chi connectivity index (χ1) is 13.8. The first-order valence-electron chi connectivity index (χ1n) is 10.2. The minimum atomic E-state index is 0.235. The van der Waals surface area contributed by atoms with Gasteiger partial charge in [-0.3, -0.25) is 5.10 Å². The lowest BCUT2D eigenvalue weighted by atomic mass is 9.99. The van der Waals surface area contributed by atoms with E-state index >= 15 is 0 Å². The Morgan fingerprint density at radius 1 is 1.04 bits per heavy atom. The van der Waals surface area contributed by atoms with Gasteiger partial charge in [-0.15, -0.1) is 0 Å². The highest BCUT2D eigenvalue weighted by Gasteiger charge is 2.27. The number of H-pyrrole nitrogens is 2. The Balaban J connectivity index is 1.23. The summed E-state index contributed by atoms with van der Waals surface area (Å²) >= 11 is 0. The summed E-state index contributed by atoms with van der Waals surface area (Å²) in [5.74, 6) is 1.06. The molecule has 3 aliphatic rings. The summed E-state index contributed by atoms with van der Waals surface area (Å²) in [6.07, 6.45) is 5.02. The van der Waals surface area contributed by atoms with Gasteiger partial charge >= 0.3 is 0 Å². The van der Waals surface area contributed by atoms with Crippen LogP contribution in [0.2, 0.25) is 0 Å². The summed E-state index contributed by atoms with van der Waals surface area (Å²) in [5, 5.41) is 14.3. The van der Waals surface area contributed by atoms with Crippen LogP contribution in [-0.4, -0.2) is 33.3 Å². The van der Waals surface area contributed by atoms with Gasteiger partial charge in [-0.25, -0.2) is 4.98 Å². The van der Waals surface area contributed by atoms with Gasteiger partial charge in [-0.05, 0) is 48.2 Å². The maximum Gasteiger partial charge on any atom is 0.124 e. The fraction of sp³-hybridized carbons (Fsp3) is 0.429. The van der Waals surface area contributed by atoms with Crippen LogP contribution in [0.25, 0.3) is 0 Å². The molecule has 5 heterocycles. The van der Waals surface area contributed by atoms with E-state index in [4.69, 9.17) is 4.98 Å². The molecule has 7 nitrogen and oxygen atoms in total. The van der Waals surface area contributed by atoms with Crippen LogP contribution < -0.4 is 15.5 Å². The molecule has 0 fully saturated rings. The highest BCUT2D eigenvalue weighted by Crippen LogP contribution is 2.29. The van der Waals surface area contributed by atoms with Crippen molar-refractivity contribution in [1.29, 1.82) is 0 Å². The average molecular weight is 375 g/mol. The number of fused-ring (bicyclic) bond motifs is 3. The molecule has 1 aromatic carbocycles. The van der Waals surface area contributed by atoms with Crippen LogP contribution in [0.1, 0.15) is 45.6 Å². The predicted molar refractivity (Wildman–Crippen MR) is 107 cm³/mol. The topological polar surface area (TPSA) is 84.7 Å². The highest BCUT2D eigenvalue weighted by molar-refractivity contribution is 5.53. The van der Waals surface area contributed by atoms with Crippen molar-refractivity contribution in [3.8, 4) is 0 Å². The van der Waals surface area contributed by atoms with Gasteiger partial charge in [0.25, 0.3) is 0 Å². The summed E-state index contributed by atoms with van der Waals surface area (Å²) in [6, 6.07) is 7.19. The summed E-state index contributed by atoms with van der Waals surface area (Å²) in [7, 11) is 0. The molecule has 28 heavy (non-hydrogen) atoms. The number of nitrogens with zero attached hydrogens (tertiary/aromatic N) is 3. The highest BCUT2D eigenvalue weighted by atomic mass is 15.2. The molecule has 0 aliphatic carbocycles. The number of aromatic amines is 2. The maximum absolute atomic E-state index is 4.99. The molecule has 0 radical (unpaired) electrons. The zero-order chi connectivity index (χ0) is 18.5. The monoisotopic (exact) mass is 375 g/mol. The second-order valence-electron chi connectivity index (χ2n) is 8.11. The van der Waals surface area contributed by atoms with Crippen LogP contribution >= 0.6 is 0 Å². The van der Waals surface area contributed by atoms with Crippen LogP contribution in [0.5, 0.6) is 0 Å². The molecule has 2 aromatic heterocycles. The molecule has 6 rings (SSSR count). The van der Waals surface area contributed by atoms with Crippen molar-refractivity contribution >= 4 is 5.69 Å². The summed E-state index contributed by atoms with van der Waals surface area (Å²) < 4.78 is 0. The van der Waals surface area contributed by atoms with Crippen LogP contribution in [0.15, 0.2) is 24.4 Å². The number of nitrogens with one attached hydrogen (secondary N) is 4. The lowest BCUT2D eigenvalue weighted by Gasteiger charge is -2.29. The molecule has 0 spiro atoms. The summed E-state index contributed by atoms with van der Waals surface area (Å²) in [6.45, 7) is 4.80. The molecule has 1 atom stereocenters. The molecule has 3 aromatic rings. The minimum absolute atomic E-state index is 0.235. The Hall–Kier alpha value is -2.64. The molecule has 3 aliphatic heterocycles. The third-order valence-electron chi connectivity index (χ3n) is 6.38. The maximum atomic E-state index is 4.99. The predicted octanol–water partition coefficient (Wildman–Crippen LogP) is 1.73. The molecule has 1 unspecified atom stereocenters. The van der Waals surface area contributed by atoms with E-state index in [0.29, 0.717) is 0 Å². The largest absolute Gasteiger partial charge is 0.365 e. The van der Waals surface area contributed by atoms with E-state index in [2.05, 4.69) is 48.9 Å². The van der Waals surface area contributed by atoms with Crippen LogP contribution in [0.4, 0.5) is 5.69 Å². The third kappa shape index (κ3) is 2.73. The molecule has 4 N–H and O–H groups in total. The number of imidazole rings is 1. The van der Waals surface area contributed by atoms with Crippen molar-refractivity contribution in [3.05, 3.63) is 64.0 Å². The summed E-state index contributed by atoms with van der Waals surface area (Å²) in [4.78, 5) is 11.1. The van der Waals surface area contributed by atoms with Gasteiger partial charge in [0, 0.05) is 37.4 Å². The second kappa shape index (κ2) is 6.46. The van der Waals surface area contributed by atoms with Crippen molar-refractivity contribution in [2.75, 3.05) is 18.0 Å². The van der Waals surface area contributed by atoms with E-state index in [1.54, 1.807) is 0 Å². The van der Waals surface area contributed by atoms with Crippen molar-refractivity contribution < 1.29 is 0 Å². The fourth-order valence-electron chi connectivity index (χ4n) is 4.74. The minimum Gasteiger partial charge on any atom is -0.365 e. The number of rotatable bonds is 2. The molecule has 0 saturated carbocycles. The van der Waals surface area contributed by atoms with Crippen molar-refractivity contribution in [3.63, 3.8) is 0 Å². The van der Waals surface area contributed by atoms with Gasteiger partial charge in [0.1, 0.15) is 5.82 Å². The lowest BCUT2D eigenvalue weighted by Crippen LogP contribution is -2.31. The Kier molecular flexibility index (Phi) is 3.77. The van der Waals surface area contributed by atoms with Gasteiger partial charge < -0.3 is 20.5 Å². The fourth-order valence-corrected chi connectivity index (χ4v) is 4.74. The number of hydrogen-bond donors (Lipinski definition) is 4. The molecule has 0 saturated heterocycles. The Morgan fingerprint density at radius 2 is 2.04 bits per heavy atom. The Labute approximate surface area is 163 Å². The number of aromatic nitrogens is 4. The van der Waals surface area contributed by atoms with E-state index in [-0.39, 0.29) is 6.04 Å². The van der Waals surface area contributed by atoms with Crippen LogP contribution in [0, 0.1) is 0 Å². The van der Waals surface area contributed by atoms with Crippen LogP contribution in [-0.2, 0) is 38.9 Å². The van der Waals surface area contributed by atoms with Crippen molar-refractivity contribution in [2.24, 2.45) is 0 Å². The lowest BCUT2D eigenvalue weighted by molar-refractivity contribution is 0.475. The number of anilines is 1. The molecule has 7 heteroatoms. The summed E-state index contributed by atoms with van der Waals surface area (Å²) in [5.41, 5.74) is 9.23. The van der Waals surface area contributed by atoms with E-state index in [9.17, 15) is 0 Å².